The van der Waals surface area contributed by atoms with Crippen LogP contribution in [0.4, 0.5) is 0 Å². The molecule has 94 valence electrons. The molecule has 19 heavy (non-hydrogen) atoms. The summed E-state index contributed by atoms with van der Waals surface area (Å²) in [6.07, 6.45) is 4.16. The van der Waals surface area contributed by atoms with Crippen LogP contribution in [0, 0.1) is 18.3 Å². The Kier molecular flexibility index (Phi) is 3.09. The number of hydrogen-bond donors (Lipinski definition) is 0. The van der Waals surface area contributed by atoms with Gasteiger partial charge in [-0.05, 0) is 67.0 Å². The first-order valence-electron chi connectivity index (χ1n) is 6.85. The fourth-order valence-corrected chi connectivity index (χ4v) is 2.93. The molecule has 0 saturated carbocycles. The van der Waals surface area contributed by atoms with Crippen molar-refractivity contribution in [3.63, 3.8) is 0 Å². The molecule has 0 amide bonds. The Balaban J connectivity index is 2.01. The van der Waals surface area contributed by atoms with Gasteiger partial charge in [0, 0.05) is 0 Å². The smallest absolute Gasteiger partial charge is 0.0991 e. The predicted octanol–water partition coefficient (Wildman–Crippen LogP) is 3.75. The van der Waals surface area contributed by atoms with Crippen LogP contribution in [0.15, 0.2) is 36.4 Å². The van der Waals surface area contributed by atoms with E-state index in [-0.39, 0.29) is 0 Å². The van der Waals surface area contributed by atoms with Crippen molar-refractivity contribution in [2.75, 3.05) is 0 Å². The van der Waals surface area contributed by atoms with Gasteiger partial charge in [-0.25, -0.2) is 0 Å². The maximum atomic E-state index is 9.11. The number of benzene rings is 2. The molecule has 2 aromatic rings. The molecular weight excluding hydrogens is 230 g/mol. The summed E-state index contributed by atoms with van der Waals surface area (Å²) in [4.78, 5) is 0. The Morgan fingerprint density at radius 2 is 1.16 bits per heavy atom. The van der Waals surface area contributed by atoms with Crippen LogP contribution in [-0.2, 0) is 25.7 Å². The Labute approximate surface area is 114 Å². The van der Waals surface area contributed by atoms with Crippen molar-refractivity contribution in [1.29, 1.82) is 5.26 Å². The van der Waals surface area contributed by atoms with Crippen molar-refractivity contribution in [1.82, 2.24) is 0 Å². The van der Waals surface area contributed by atoms with Gasteiger partial charge in [-0.15, -0.1) is 0 Å². The summed E-state index contributed by atoms with van der Waals surface area (Å²) >= 11 is 0. The molecule has 0 unspecified atom stereocenters. The van der Waals surface area contributed by atoms with Crippen molar-refractivity contribution in [3.8, 4) is 6.07 Å². The maximum Gasteiger partial charge on any atom is 0.0991 e. The van der Waals surface area contributed by atoms with Crippen LogP contribution in [0.2, 0.25) is 0 Å². The first-order chi connectivity index (χ1) is 9.22. The SMILES string of the molecule is Cc1cc2cc(c1)CCc1cc(C#N)cc(c1)CC2. The molecule has 0 radical (unpaired) electrons. The normalized spacial score (nSPS) is 13.7. The summed E-state index contributed by atoms with van der Waals surface area (Å²) < 4.78 is 0. The molecule has 0 atom stereocenters. The lowest BCUT2D eigenvalue weighted by molar-refractivity contribution is 0.900. The molecule has 0 fully saturated rings. The van der Waals surface area contributed by atoms with Crippen LogP contribution >= 0.6 is 0 Å². The van der Waals surface area contributed by atoms with Crippen molar-refractivity contribution < 1.29 is 0 Å². The lowest BCUT2D eigenvalue weighted by Gasteiger charge is -2.12. The molecule has 1 heteroatoms. The molecule has 0 spiro atoms. The number of aryl methyl sites for hydroxylation is 5. The van der Waals surface area contributed by atoms with Gasteiger partial charge in [0.2, 0.25) is 0 Å². The number of fused-ring (bicyclic) bond motifs is 4. The van der Waals surface area contributed by atoms with Gasteiger partial charge in [-0.3, -0.25) is 0 Å². The van der Waals surface area contributed by atoms with E-state index in [4.69, 9.17) is 5.26 Å². The van der Waals surface area contributed by atoms with Crippen LogP contribution in [0.25, 0.3) is 0 Å². The zero-order valence-corrected chi connectivity index (χ0v) is 11.2. The minimum absolute atomic E-state index is 0.799. The van der Waals surface area contributed by atoms with E-state index in [0.29, 0.717) is 0 Å². The molecule has 1 nitrogen and oxygen atoms in total. The van der Waals surface area contributed by atoms with E-state index in [1.165, 1.54) is 27.8 Å². The molecule has 0 aliphatic heterocycles. The Hall–Kier alpha value is -2.07. The quantitative estimate of drug-likeness (QED) is 0.695. The average Bonchev–Trinajstić information content (AvgIpc) is 2.41. The zero-order valence-electron chi connectivity index (χ0n) is 11.2. The minimum Gasteiger partial charge on any atom is -0.192 e. The van der Waals surface area contributed by atoms with Gasteiger partial charge in [0.05, 0.1) is 11.6 Å². The van der Waals surface area contributed by atoms with E-state index in [0.717, 1.165) is 31.2 Å². The predicted molar refractivity (Wildman–Crippen MR) is 77.2 cm³/mol. The third-order valence-corrected chi connectivity index (χ3v) is 3.78. The number of nitrogens with zero attached hydrogens (tertiary/aromatic N) is 1. The summed E-state index contributed by atoms with van der Waals surface area (Å²) in [6, 6.07) is 15.5. The topological polar surface area (TPSA) is 23.8 Å². The summed E-state index contributed by atoms with van der Waals surface area (Å²) in [5, 5.41) is 9.11. The molecule has 0 N–H and O–H groups in total. The van der Waals surface area contributed by atoms with Gasteiger partial charge in [-0.1, -0.05) is 29.8 Å². The van der Waals surface area contributed by atoms with E-state index < -0.39 is 0 Å². The van der Waals surface area contributed by atoms with Crippen LogP contribution in [-0.4, -0.2) is 0 Å². The monoisotopic (exact) mass is 247 g/mol. The summed E-state index contributed by atoms with van der Waals surface area (Å²) in [7, 11) is 0. The van der Waals surface area contributed by atoms with E-state index in [1.807, 2.05) is 12.1 Å². The lowest BCUT2D eigenvalue weighted by Crippen LogP contribution is -2.01. The number of nitriles is 1. The largest absolute Gasteiger partial charge is 0.192 e. The molecule has 1 aliphatic carbocycles. The zero-order chi connectivity index (χ0) is 13.2. The van der Waals surface area contributed by atoms with Crippen LogP contribution < -0.4 is 0 Å². The number of hydrogen-bond acceptors (Lipinski definition) is 1. The average molecular weight is 247 g/mol. The van der Waals surface area contributed by atoms with Crippen molar-refractivity contribution >= 4 is 0 Å². The maximum absolute atomic E-state index is 9.11. The third-order valence-electron chi connectivity index (χ3n) is 3.78. The highest BCUT2D eigenvalue weighted by Crippen LogP contribution is 2.19. The summed E-state index contributed by atoms with van der Waals surface area (Å²) in [6.45, 7) is 2.17. The fraction of sp³-hybridized carbons (Fsp3) is 0.278. The van der Waals surface area contributed by atoms with Crippen molar-refractivity contribution in [3.05, 3.63) is 69.8 Å². The molecular formula is C18H17N. The van der Waals surface area contributed by atoms with E-state index in [9.17, 15) is 0 Å². The molecule has 0 aromatic heterocycles. The number of rotatable bonds is 0. The molecule has 2 aromatic carbocycles. The first kappa shape index (κ1) is 12.0. The minimum atomic E-state index is 0.799. The Morgan fingerprint density at radius 1 is 0.737 bits per heavy atom. The van der Waals surface area contributed by atoms with Crippen LogP contribution in [0.3, 0.4) is 0 Å². The van der Waals surface area contributed by atoms with E-state index >= 15 is 0 Å². The Morgan fingerprint density at radius 3 is 1.58 bits per heavy atom. The standard InChI is InChI=1S/C18H17N/c1-13-6-14-2-4-16-9-17(11-18(10-16)12-19)5-3-15(7-13)8-14/h6-11H,2-5H2,1H3. The highest BCUT2D eigenvalue weighted by Gasteiger charge is 2.07. The summed E-state index contributed by atoms with van der Waals surface area (Å²) in [5.41, 5.74) is 7.57. The van der Waals surface area contributed by atoms with Gasteiger partial charge >= 0.3 is 0 Å². The van der Waals surface area contributed by atoms with E-state index in [2.05, 4.69) is 37.3 Å². The first-order valence-corrected chi connectivity index (χ1v) is 6.85. The van der Waals surface area contributed by atoms with Crippen molar-refractivity contribution in [2.45, 2.75) is 32.6 Å². The lowest BCUT2D eigenvalue weighted by atomic mass is 9.92. The second-order valence-electron chi connectivity index (χ2n) is 5.48. The molecule has 1 aliphatic rings. The molecule has 4 bridgehead atoms. The fourth-order valence-electron chi connectivity index (χ4n) is 2.93. The molecule has 3 rings (SSSR count). The third kappa shape index (κ3) is 2.69. The second-order valence-corrected chi connectivity index (χ2v) is 5.48. The van der Waals surface area contributed by atoms with Gasteiger partial charge < -0.3 is 0 Å². The van der Waals surface area contributed by atoms with Gasteiger partial charge in [0.25, 0.3) is 0 Å². The summed E-state index contributed by atoms with van der Waals surface area (Å²) in [5.74, 6) is 0. The second kappa shape index (κ2) is 4.90. The molecule has 0 saturated heterocycles. The van der Waals surface area contributed by atoms with Gasteiger partial charge in [0.15, 0.2) is 0 Å². The van der Waals surface area contributed by atoms with Gasteiger partial charge in [0.1, 0.15) is 0 Å². The highest BCUT2D eigenvalue weighted by atomic mass is 14.2. The van der Waals surface area contributed by atoms with Crippen molar-refractivity contribution in [2.24, 2.45) is 0 Å². The Bertz CT molecular complexity index is 617. The van der Waals surface area contributed by atoms with Gasteiger partial charge in [-0.2, -0.15) is 5.26 Å². The van der Waals surface area contributed by atoms with Crippen LogP contribution in [0.5, 0.6) is 0 Å². The molecule has 0 heterocycles. The highest BCUT2D eigenvalue weighted by molar-refractivity contribution is 5.39. The van der Waals surface area contributed by atoms with Crippen LogP contribution in [0.1, 0.15) is 33.4 Å². The van der Waals surface area contributed by atoms with E-state index in [1.54, 1.807) is 0 Å².